The molecule has 0 saturated heterocycles. The number of carbonyl (C=O) groups excluding carboxylic acids is 1. The fraction of sp³-hybridized carbons (Fsp3) is 0.250. The monoisotopic (exact) mass is 331 g/mol. The molecule has 0 atom stereocenters. The van der Waals surface area contributed by atoms with Crippen LogP contribution in [0.2, 0.25) is 0 Å². The first kappa shape index (κ1) is 15.4. The first-order valence-electron chi connectivity index (χ1n) is 7.00. The van der Waals surface area contributed by atoms with Gasteiger partial charge in [-0.15, -0.1) is 11.3 Å². The van der Waals surface area contributed by atoms with E-state index >= 15 is 0 Å². The van der Waals surface area contributed by atoms with Gasteiger partial charge in [-0.25, -0.2) is 0 Å². The van der Waals surface area contributed by atoms with Crippen molar-refractivity contribution in [3.63, 3.8) is 0 Å². The lowest BCUT2D eigenvalue weighted by molar-refractivity contribution is 0.103. The highest BCUT2D eigenvalue weighted by molar-refractivity contribution is 7.20. The molecule has 3 aromatic rings. The Labute approximate surface area is 137 Å². The average Bonchev–Trinajstić information content (AvgIpc) is 3.09. The predicted octanol–water partition coefficient (Wildman–Crippen LogP) is 3.21. The number of thiophene rings is 1. The second-order valence-electron chi connectivity index (χ2n) is 5.06. The number of fused-ring (bicyclic) bond motifs is 1. The van der Waals surface area contributed by atoms with Crippen LogP contribution in [0, 0.1) is 6.92 Å². The van der Waals surface area contributed by atoms with Crippen LogP contribution in [0.25, 0.3) is 10.2 Å². The summed E-state index contributed by atoms with van der Waals surface area (Å²) < 4.78 is 12.2. The maximum absolute atomic E-state index is 12.5. The number of amides is 1. The molecule has 0 aliphatic heterocycles. The fourth-order valence-corrected chi connectivity index (χ4v) is 3.44. The summed E-state index contributed by atoms with van der Waals surface area (Å²) >= 11 is 1.42. The van der Waals surface area contributed by atoms with Crippen molar-refractivity contribution >= 4 is 33.1 Å². The molecule has 6 nitrogen and oxygen atoms in total. The first-order chi connectivity index (χ1) is 11.0. The molecule has 2 heterocycles. The largest absolute Gasteiger partial charge is 0.493 e. The zero-order valence-corrected chi connectivity index (χ0v) is 14.2. The van der Waals surface area contributed by atoms with Crippen molar-refractivity contribution in [1.82, 2.24) is 9.78 Å². The molecule has 23 heavy (non-hydrogen) atoms. The number of hydrogen-bond acceptors (Lipinski definition) is 5. The van der Waals surface area contributed by atoms with Crippen LogP contribution in [0.3, 0.4) is 0 Å². The van der Waals surface area contributed by atoms with Crippen LogP contribution >= 0.6 is 11.3 Å². The molecule has 0 unspecified atom stereocenters. The summed E-state index contributed by atoms with van der Waals surface area (Å²) in [4.78, 5) is 14.1. The van der Waals surface area contributed by atoms with Crippen molar-refractivity contribution in [2.45, 2.75) is 6.92 Å². The molecule has 0 aliphatic rings. The second-order valence-corrected chi connectivity index (χ2v) is 6.09. The van der Waals surface area contributed by atoms with Crippen molar-refractivity contribution in [2.75, 3.05) is 19.5 Å². The second kappa shape index (κ2) is 5.92. The maximum Gasteiger partial charge on any atom is 0.265 e. The van der Waals surface area contributed by atoms with Crippen LogP contribution in [-0.4, -0.2) is 29.9 Å². The van der Waals surface area contributed by atoms with Gasteiger partial charge in [0.1, 0.15) is 4.83 Å². The molecule has 1 amide bonds. The van der Waals surface area contributed by atoms with Crippen molar-refractivity contribution in [2.24, 2.45) is 7.05 Å². The van der Waals surface area contributed by atoms with E-state index in [1.807, 2.05) is 20.0 Å². The Morgan fingerprint density at radius 1 is 1.22 bits per heavy atom. The van der Waals surface area contributed by atoms with Gasteiger partial charge in [-0.05, 0) is 25.1 Å². The summed E-state index contributed by atoms with van der Waals surface area (Å²) in [5.74, 6) is 1.04. The molecule has 1 N–H and O–H groups in total. The summed E-state index contributed by atoms with van der Waals surface area (Å²) in [5, 5.41) is 8.23. The zero-order chi connectivity index (χ0) is 16.6. The van der Waals surface area contributed by atoms with Crippen LogP contribution in [0.15, 0.2) is 24.3 Å². The highest BCUT2D eigenvalue weighted by atomic mass is 32.1. The highest BCUT2D eigenvalue weighted by Crippen LogP contribution is 2.31. The van der Waals surface area contributed by atoms with Gasteiger partial charge < -0.3 is 14.8 Å². The maximum atomic E-state index is 12.5. The Morgan fingerprint density at radius 2 is 1.96 bits per heavy atom. The Hall–Kier alpha value is -2.54. The number of benzene rings is 1. The number of anilines is 1. The van der Waals surface area contributed by atoms with E-state index in [1.165, 1.54) is 11.3 Å². The minimum absolute atomic E-state index is 0.155. The Bertz CT molecular complexity index is 848. The van der Waals surface area contributed by atoms with Gasteiger partial charge in [0, 0.05) is 24.2 Å². The number of carbonyl (C=O) groups is 1. The van der Waals surface area contributed by atoms with Crippen LogP contribution in [0.4, 0.5) is 5.69 Å². The van der Waals surface area contributed by atoms with Gasteiger partial charge in [-0.3, -0.25) is 9.48 Å². The SMILES string of the molecule is COc1ccc(NC(=O)c2cc3c(C)nn(C)c3s2)cc1OC. The van der Waals surface area contributed by atoms with Crippen molar-refractivity contribution in [1.29, 1.82) is 0 Å². The van der Waals surface area contributed by atoms with E-state index in [0.29, 0.717) is 22.1 Å². The quantitative estimate of drug-likeness (QED) is 0.797. The Morgan fingerprint density at radius 3 is 2.61 bits per heavy atom. The number of hydrogen-bond donors (Lipinski definition) is 1. The van der Waals surface area contributed by atoms with E-state index in [9.17, 15) is 4.79 Å². The third-order valence-electron chi connectivity index (χ3n) is 3.56. The number of ether oxygens (including phenoxy) is 2. The third-order valence-corrected chi connectivity index (χ3v) is 4.76. The van der Waals surface area contributed by atoms with E-state index in [1.54, 1.807) is 37.1 Å². The molecule has 2 aromatic heterocycles. The van der Waals surface area contributed by atoms with E-state index in [0.717, 1.165) is 15.9 Å². The topological polar surface area (TPSA) is 65.4 Å². The van der Waals surface area contributed by atoms with Crippen LogP contribution in [0.5, 0.6) is 11.5 Å². The van der Waals surface area contributed by atoms with Gasteiger partial charge in [0.05, 0.1) is 24.8 Å². The smallest absolute Gasteiger partial charge is 0.265 e. The van der Waals surface area contributed by atoms with Gasteiger partial charge in [-0.2, -0.15) is 5.10 Å². The zero-order valence-electron chi connectivity index (χ0n) is 13.3. The van der Waals surface area contributed by atoms with E-state index < -0.39 is 0 Å². The molecular weight excluding hydrogens is 314 g/mol. The molecular formula is C16H17N3O3S. The van der Waals surface area contributed by atoms with E-state index in [2.05, 4.69) is 10.4 Å². The van der Waals surface area contributed by atoms with Crippen molar-refractivity contribution in [3.8, 4) is 11.5 Å². The number of rotatable bonds is 4. The summed E-state index contributed by atoms with van der Waals surface area (Å²) in [6.45, 7) is 1.94. The van der Waals surface area contributed by atoms with Gasteiger partial charge in [0.15, 0.2) is 11.5 Å². The summed E-state index contributed by atoms with van der Waals surface area (Å²) in [6, 6.07) is 7.14. The molecule has 3 rings (SSSR count). The number of methoxy groups -OCH3 is 2. The number of aryl methyl sites for hydroxylation is 2. The van der Waals surface area contributed by atoms with Gasteiger partial charge in [-0.1, -0.05) is 0 Å². The van der Waals surface area contributed by atoms with Crippen LogP contribution in [-0.2, 0) is 7.05 Å². The molecule has 0 aliphatic carbocycles. The molecule has 0 bridgehead atoms. The minimum atomic E-state index is -0.155. The van der Waals surface area contributed by atoms with Crippen molar-refractivity contribution in [3.05, 3.63) is 34.8 Å². The summed E-state index contributed by atoms with van der Waals surface area (Å²) in [5.41, 5.74) is 1.57. The summed E-state index contributed by atoms with van der Waals surface area (Å²) in [6.07, 6.45) is 0. The van der Waals surface area contributed by atoms with E-state index in [4.69, 9.17) is 9.47 Å². The normalized spacial score (nSPS) is 10.8. The average molecular weight is 331 g/mol. The first-order valence-corrected chi connectivity index (χ1v) is 7.81. The predicted molar refractivity (Wildman–Crippen MR) is 90.8 cm³/mol. The minimum Gasteiger partial charge on any atom is -0.493 e. The number of nitrogens with zero attached hydrogens (tertiary/aromatic N) is 2. The molecule has 0 radical (unpaired) electrons. The standard InChI is InChI=1S/C16H17N3O3S/c1-9-11-8-14(23-16(11)19(2)18-9)15(20)17-10-5-6-12(21-3)13(7-10)22-4/h5-8H,1-4H3,(H,17,20). The lowest BCUT2D eigenvalue weighted by Gasteiger charge is -2.10. The Kier molecular flexibility index (Phi) is 3.96. The molecule has 0 spiro atoms. The number of aromatic nitrogens is 2. The fourth-order valence-electron chi connectivity index (χ4n) is 2.42. The molecule has 7 heteroatoms. The van der Waals surface area contributed by atoms with Crippen LogP contribution in [0.1, 0.15) is 15.4 Å². The van der Waals surface area contributed by atoms with Gasteiger partial charge in [0.2, 0.25) is 0 Å². The summed E-state index contributed by atoms with van der Waals surface area (Å²) in [7, 11) is 5.01. The highest BCUT2D eigenvalue weighted by Gasteiger charge is 2.16. The van der Waals surface area contributed by atoms with Gasteiger partial charge >= 0.3 is 0 Å². The van der Waals surface area contributed by atoms with Crippen molar-refractivity contribution < 1.29 is 14.3 Å². The van der Waals surface area contributed by atoms with Crippen LogP contribution < -0.4 is 14.8 Å². The lowest BCUT2D eigenvalue weighted by atomic mass is 10.2. The third kappa shape index (κ3) is 2.75. The molecule has 1 aromatic carbocycles. The van der Waals surface area contributed by atoms with E-state index in [-0.39, 0.29) is 5.91 Å². The van der Waals surface area contributed by atoms with Gasteiger partial charge in [0.25, 0.3) is 5.91 Å². The molecule has 0 fully saturated rings. The Balaban J connectivity index is 1.87. The molecule has 0 saturated carbocycles. The lowest BCUT2D eigenvalue weighted by Crippen LogP contribution is -2.10. The number of nitrogens with one attached hydrogen (secondary N) is 1. The molecule has 120 valence electrons.